The summed E-state index contributed by atoms with van der Waals surface area (Å²) in [6.07, 6.45) is 8.75. The number of hydrogen-bond donors (Lipinski definition) is 0. The van der Waals surface area contributed by atoms with Crippen molar-refractivity contribution in [1.29, 1.82) is 5.26 Å². The highest BCUT2D eigenvalue weighted by molar-refractivity contribution is 8.26. The highest BCUT2D eigenvalue weighted by Gasteiger charge is 2.33. The van der Waals surface area contributed by atoms with E-state index in [-0.39, 0.29) is 17.0 Å². The number of amides is 1. The fraction of sp³-hybridized carbons (Fsp3) is 0.600. The number of nitrogens with zero attached hydrogens (tertiary/aromatic N) is 5. The molecule has 0 spiro atoms. The molecular formula is C25H35N5O2S2. The summed E-state index contributed by atoms with van der Waals surface area (Å²) in [7, 11) is 3.79. The second-order valence-electron chi connectivity index (χ2n) is 9.10. The van der Waals surface area contributed by atoms with Gasteiger partial charge in [-0.05, 0) is 32.0 Å². The Morgan fingerprint density at radius 1 is 1.06 bits per heavy atom. The van der Waals surface area contributed by atoms with Crippen molar-refractivity contribution in [2.45, 2.75) is 52.4 Å². The Labute approximate surface area is 212 Å². The number of anilines is 1. The summed E-state index contributed by atoms with van der Waals surface area (Å²) < 4.78 is 2.13. The van der Waals surface area contributed by atoms with Crippen molar-refractivity contribution in [1.82, 2.24) is 14.4 Å². The van der Waals surface area contributed by atoms with Gasteiger partial charge in [0.15, 0.2) is 0 Å². The molecule has 2 aliphatic rings. The van der Waals surface area contributed by atoms with Crippen molar-refractivity contribution < 1.29 is 4.79 Å². The minimum absolute atomic E-state index is 0.0837. The summed E-state index contributed by atoms with van der Waals surface area (Å²) in [6.45, 7) is 7.94. The van der Waals surface area contributed by atoms with E-state index in [4.69, 9.17) is 12.2 Å². The SMILES string of the molecule is CCCCCCCCN1C(=O)/C(=C\c2c(C)c(C#N)c(=O)n(C)c2N2CCN(C)CC2)SC1=S. The van der Waals surface area contributed by atoms with Crippen LogP contribution >= 0.6 is 24.0 Å². The van der Waals surface area contributed by atoms with Crippen LogP contribution in [0.5, 0.6) is 0 Å². The van der Waals surface area contributed by atoms with Crippen LogP contribution in [-0.4, -0.2) is 64.4 Å². The van der Waals surface area contributed by atoms with Gasteiger partial charge in [0, 0.05) is 45.3 Å². The van der Waals surface area contributed by atoms with Crippen LogP contribution in [0.4, 0.5) is 5.82 Å². The lowest BCUT2D eigenvalue weighted by atomic mass is 10.0. The van der Waals surface area contributed by atoms with Crippen LogP contribution in [0.3, 0.4) is 0 Å². The molecule has 1 amide bonds. The van der Waals surface area contributed by atoms with Crippen molar-refractivity contribution in [3.63, 3.8) is 0 Å². The predicted molar refractivity (Wildman–Crippen MR) is 144 cm³/mol. The van der Waals surface area contributed by atoms with Crippen molar-refractivity contribution in [2.24, 2.45) is 7.05 Å². The van der Waals surface area contributed by atoms with E-state index < -0.39 is 0 Å². The Hall–Kier alpha value is -2.15. The average molecular weight is 502 g/mol. The van der Waals surface area contributed by atoms with Crippen molar-refractivity contribution in [3.8, 4) is 6.07 Å². The first-order chi connectivity index (χ1) is 16.3. The Bertz CT molecular complexity index is 1060. The summed E-state index contributed by atoms with van der Waals surface area (Å²) in [5.41, 5.74) is 1.18. The van der Waals surface area contributed by atoms with Crippen LogP contribution in [0.15, 0.2) is 9.70 Å². The van der Waals surface area contributed by atoms with E-state index in [0.717, 1.165) is 50.4 Å². The summed E-state index contributed by atoms with van der Waals surface area (Å²) in [4.78, 5) is 32.8. The number of aromatic nitrogens is 1. The van der Waals surface area contributed by atoms with Crippen molar-refractivity contribution in [3.05, 3.63) is 31.9 Å². The Morgan fingerprint density at radius 3 is 2.35 bits per heavy atom. The molecule has 7 nitrogen and oxygen atoms in total. The number of carbonyl (C=O) groups excluding carboxylic acids is 1. The first-order valence-corrected chi connectivity index (χ1v) is 13.3. The fourth-order valence-electron chi connectivity index (χ4n) is 4.49. The zero-order valence-electron chi connectivity index (χ0n) is 20.7. The monoisotopic (exact) mass is 501 g/mol. The maximum absolute atomic E-state index is 13.2. The molecule has 0 atom stereocenters. The summed E-state index contributed by atoms with van der Waals surface area (Å²) in [5.74, 6) is 0.676. The van der Waals surface area contributed by atoms with Crippen LogP contribution in [0, 0.1) is 18.3 Å². The van der Waals surface area contributed by atoms with Gasteiger partial charge in [-0.25, -0.2) is 0 Å². The van der Waals surface area contributed by atoms with E-state index in [1.165, 1.54) is 37.4 Å². The van der Waals surface area contributed by atoms with E-state index in [2.05, 4.69) is 29.8 Å². The molecule has 0 aliphatic carbocycles. The highest BCUT2D eigenvalue weighted by atomic mass is 32.2. The second kappa shape index (κ2) is 12.0. The Kier molecular flexibility index (Phi) is 9.34. The second-order valence-corrected chi connectivity index (χ2v) is 10.8. The van der Waals surface area contributed by atoms with Crippen LogP contribution < -0.4 is 10.5 Å². The van der Waals surface area contributed by atoms with Crippen LogP contribution in [0.1, 0.15) is 62.1 Å². The molecule has 34 heavy (non-hydrogen) atoms. The molecule has 9 heteroatoms. The van der Waals surface area contributed by atoms with Gasteiger partial charge < -0.3 is 9.80 Å². The van der Waals surface area contributed by atoms with Gasteiger partial charge in [-0.3, -0.25) is 19.1 Å². The molecule has 1 aromatic heterocycles. The molecule has 0 bridgehead atoms. The lowest BCUT2D eigenvalue weighted by Gasteiger charge is -2.36. The highest BCUT2D eigenvalue weighted by Crippen LogP contribution is 2.36. The number of carbonyl (C=O) groups is 1. The number of thiocarbonyl (C=S) groups is 1. The summed E-state index contributed by atoms with van der Waals surface area (Å²) in [5, 5.41) is 9.65. The minimum atomic E-state index is -0.304. The van der Waals surface area contributed by atoms with Gasteiger partial charge in [-0.2, -0.15) is 5.26 Å². The van der Waals surface area contributed by atoms with Gasteiger partial charge in [0.2, 0.25) is 0 Å². The lowest BCUT2D eigenvalue weighted by Crippen LogP contribution is -2.46. The van der Waals surface area contributed by atoms with Crippen molar-refractivity contribution in [2.75, 3.05) is 44.7 Å². The molecule has 1 aromatic rings. The number of likely N-dealkylation sites (N-methyl/N-ethyl adjacent to an activating group) is 1. The summed E-state index contributed by atoms with van der Waals surface area (Å²) >= 11 is 6.84. The van der Waals surface area contributed by atoms with Gasteiger partial charge in [-0.1, -0.05) is 63.0 Å². The van der Waals surface area contributed by atoms with Crippen LogP contribution in [0.25, 0.3) is 6.08 Å². The summed E-state index contributed by atoms with van der Waals surface area (Å²) in [6, 6.07) is 2.07. The number of rotatable bonds is 9. The molecule has 0 saturated carbocycles. The molecule has 184 valence electrons. The number of unbranched alkanes of at least 4 members (excludes halogenated alkanes) is 5. The first kappa shape index (κ1) is 26.5. The van der Waals surface area contributed by atoms with E-state index >= 15 is 0 Å². The lowest BCUT2D eigenvalue weighted by molar-refractivity contribution is -0.122. The van der Waals surface area contributed by atoms with Gasteiger partial charge in [0.25, 0.3) is 11.5 Å². The molecule has 0 aromatic carbocycles. The zero-order chi connectivity index (χ0) is 24.8. The average Bonchev–Trinajstić information content (AvgIpc) is 3.08. The molecule has 0 radical (unpaired) electrons. The topological polar surface area (TPSA) is 72.6 Å². The minimum Gasteiger partial charge on any atom is -0.355 e. The molecule has 3 heterocycles. The molecule has 2 saturated heterocycles. The molecular weight excluding hydrogens is 466 g/mol. The molecule has 2 aliphatic heterocycles. The fourth-order valence-corrected chi connectivity index (χ4v) is 5.78. The molecule has 2 fully saturated rings. The van der Waals surface area contributed by atoms with E-state index in [0.29, 0.717) is 21.3 Å². The smallest absolute Gasteiger partial charge is 0.270 e. The normalized spacial score (nSPS) is 18.3. The standard InChI is InChI=1S/C25H35N5O2S2/c1-5-6-7-8-9-10-11-30-24(32)21(34-25(30)33)16-19-18(2)20(17-26)23(31)28(4)22(19)29-14-12-27(3)13-15-29/h16H,5-15H2,1-4H3/b21-16+. The quantitative estimate of drug-likeness (QED) is 0.289. The van der Waals surface area contributed by atoms with Crippen molar-refractivity contribution >= 4 is 46.1 Å². The zero-order valence-corrected chi connectivity index (χ0v) is 22.4. The third kappa shape index (κ3) is 5.73. The first-order valence-electron chi connectivity index (χ1n) is 12.1. The van der Waals surface area contributed by atoms with Gasteiger partial charge in [0.05, 0.1) is 4.91 Å². The molecule has 3 rings (SSSR count). The van der Waals surface area contributed by atoms with Gasteiger partial charge >= 0.3 is 0 Å². The molecule has 0 N–H and O–H groups in total. The third-order valence-electron chi connectivity index (χ3n) is 6.66. The predicted octanol–water partition coefficient (Wildman–Crippen LogP) is 3.88. The Balaban J connectivity index is 1.90. The van der Waals surface area contributed by atoms with Gasteiger partial charge in [-0.15, -0.1) is 0 Å². The number of nitriles is 1. The number of pyridine rings is 1. The van der Waals surface area contributed by atoms with E-state index in [9.17, 15) is 14.9 Å². The number of thioether (sulfide) groups is 1. The maximum atomic E-state index is 13.2. The van der Waals surface area contributed by atoms with Gasteiger partial charge in [0.1, 0.15) is 21.8 Å². The molecule has 0 unspecified atom stereocenters. The van der Waals surface area contributed by atoms with E-state index in [1.807, 2.05) is 6.08 Å². The van der Waals surface area contributed by atoms with E-state index in [1.54, 1.807) is 23.4 Å². The number of piperazine rings is 1. The number of hydrogen-bond acceptors (Lipinski definition) is 7. The third-order valence-corrected chi connectivity index (χ3v) is 8.03. The van der Waals surface area contributed by atoms with Crippen LogP contribution in [-0.2, 0) is 11.8 Å². The Morgan fingerprint density at radius 2 is 1.71 bits per heavy atom. The van der Waals surface area contributed by atoms with Crippen LogP contribution in [0.2, 0.25) is 0 Å². The maximum Gasteiger partial charge on any atom is 0.270 e. The largest absolute Gasteiger partial charge is 0.355 e.